The molecule has 0 radical (unpaired) electrons. The molecule has 0 bridgehead atoms. The van der Waals surface area contributed by atoms with Crippen molar-refractivity contribution in [3.05, 3.63) is 71.8 Å². The number of carbonyl (C=O) groups excluding carboxylic acids is 2. The van der Waals surface area contributed by atoms with Crippen LogP contribution in [-0.2, 0) is 4.79 Å². The molecule has 0 aliphatic carbocycles. The minimum absolute atomic E-state index is 0.143. The lowest BCUT2D eigenvalue weighted by Gasteiger charge is -2.53. The number of aliphatic hydroxyl groups excluding tert-OH is 4. The van der Waals surface area contributed by atoms with E-state index in [4.69, 9.17) is 0 Å². The molecule has 2 aliphatic rings. The fraction of sp³-hybridized carbons (Fsp3) is 0.318. The number of aliphatic imine (C=N–C) groups is 1. The Morgan fingerprint density at radius 2 is 1.55 bits per heavy atom. The third kappa shape index (κ3) is 3.72. The number of fused-ring (bicyclic) bond motifs is 1. The van der Waals surface area contributed by atoms with Crippen molar-refractivity contribution in [2.24, 2.45) is 4.99 Å². The van der Waals surface area contributed by atoms with Crippen LogP contribution in [0.25, 0.3) is 0 Å². The van der Waals surface area contributed by atoms with Crippen LogP contribution in [0.1, 0.15) is 15.9 Å². The molecular formula is C22H23N3O6. The van der Waals surface area contributed by atoms with E-state index in [2.05, 4.69) is 10.3 Å². The van der Waals surface area contributed by atoms with E-state index in [0.29, 0.717) is 11.1 Å². The van der Waals surface area contributed by atoms with E-state index in [1.165, 1.54) is 4.90 Å². The van der Waals surface area contributed by atoms with Gasteiger partial charge in [-0.25, -0.2) is 0 Å². The third-order valence-corrected chi connectivity index (χ3v) is 5.73. The van der Waals surface area contributed by atoms with Gasteiger partial charge in [0.2, 0.25) is 0 Å². The average molecular weight is 425 g/mol. The smallest absolute Gasteiger partial charge is 0.272 e. The Morgan fingerprint density at radius 1 is 0.935 bits per heavy atom. The molecule has 9 heteroatoms. The molecule has 4 rings (SSSR count). The number of nitrogens with one attached hydrogen (secondary N) is 1. The Morgan fingerprint density at radius 3 is 2.16 bits per heavy atom. The van der Waals surface area contributed by atoms with E-state index < -0.39 is 54.9 Å². The van der Waals surface area contributed by atoms with Crippen LogP contribution in [-0.4, -0.2) is 86.0 Å². The van der Waals surface area contributed by atoms with Crippen molar-refractivity contribution in [1.29, 1.82) is 0 Å². The van der Waals surface area contributed by atoms with Crippen molar-refractivity contribution in [3.63, 3.8) is 0 Å². The molecule has 2 amide bonds. The van der Waals surface area contributed by atoms with Gasteiger partial charge in [-0.1, -0.05) is 48.5 Å². The van der Waals surface area contributed by atoms with Gasteiger partial charge in [0.05, 0.1) is 18.7 Å². The summed E-state index contributed by atoms with van der Waals surface area (Å²) in [4.78, 5) is 31.3. The summed E-state index contributed by atoms with van der Waals surface area (Å²) < 4.78 is 0. The van der Waals surface area contributed by atoms with Gasteiger partial charge in [-0.05, 0) is 12.1 Å². The molecule has 31 heavy (non-hydrogen) atoms. The molecule has 1 fully saturated rings. The molecule has 162 valence electrons. The zero-order valence-corrected chi connectivity index (χ0v) is 16.4. The molecule has 2 aliphatic heterocycles. The Hall–Kier alpha value is -3.11. The van der Waals surface area contributed by atoms with Crippen LogP contribution in [0.4, 0.5) is 0 Å². The van der Waals surface area contributed by atoms with Crippen LogP contribution in [0, 0.1) is 0 Å². The average Bonchev–Trinajstić information content (AvgIpc) is 2.80. The number of benzene rings is 2. The number of amides is 2. The molecule has 2 aromatic carbocycles. The summed E-state index contributed by atoms with van der Waals surface area (Å²) in [6.07, 6.45) is -4.71. The van der Waals surface area contributed by atoms with Gasteiger partial charge in [-0.15, -0.1) is 0 Å². The number of amidine groups is 1. The van der Waals surface area contributed by atoms with Gasteiger partial charge in [-0.3, -0.25) is 9.59 Å². The molecule has 0 spiro atoms. The van der Waals surface area contributed by atoms with Crippen molar-refractivity contribution in [2.75, 3.05) is 6.61 Å². The highest BCUT2D eigenvalue weighted by molar-refractivity contribution is 6.10. The molecule has 6 atom stereocenters. The number of nitrogens with zero attached hydrogens (tertiary/aromatic N) is 2. The van der Waals surface area contributed by atoms with Crippen LogP contribution < -0.4 is 5.32 Å². The first-order chi connectivity index (χ1) is 14.9. The number of carbonyl (C=O) groups is 2. The predicted octanol–water partition coefficient (Wildman–Crippen LogP) is -1.10. The molecule has 9 nitrogen and oxygen atoms in total. The highest BCUT2D eigenvalue weighted by atomic mass is 16.4. The Bertz CT molecular complexity index is 983. The Balaban J connectivity index is 1.78. The quantitative estimate of drug-likeness (QED) is 0.418. The number of aliphatic hydroxyl groups is 4. The zero-order valence-electron chi connectivity index (χ0n) is 16.4. The number of rotatable bonds is 4. The molecule has 5 N–H and O–H groups in total. The van der Waals surface area contributed by atoms with Crippen LogP contribution in [0.5, 0.6) is 0 Å². The van der Waals surface area contributed by atoms with Crippen molar-refractivity contribution in [1.82, 2.24) is 10.2 Å². The van der Waals surface area contributed by atoms with E-state index in [-0.39, 0.29) is 5.84 Å². The number of hydrogen-bond donors (Lipinski definition) is 5. The van der Waals surface area contributed by atoms with Gasteiger partial charge in [0.25, 0.3) is 11.8 Å². The molecule has 2 heterocycles. The molecule has 0 saturated carbocycles. The van der Waals surface area contributed by atoms with Crippen molar-refractivity contribution in [3.8, 4) is 0 Å². The summed E-state index contributed by atoms with van der Waals surface area (Å²) in [6, 6.07) is 13.4. The van der Waals surface area contributed by atoms with Gasteiger partial charge in [0.1, 0.15) is 30.2 Å². The van der Waals surface area contributed by atoms with Gasteiger partial charge >= 0.3 is 0 Å². The first kappa shape index (κ1) is 21.1. The molecule has 1 saturated heterocycles. The van der Waals surface area contributed by atoms with Crippen molar-refractivity contribution < 1.29 is 30.0 Å². The lowest BCUT2D eigenvalue weighted by Crippen LogP contribution is -2.75. The maximum Gasteiger partial charge on any atom is 0.272 e. The van der Waals surface area contributed by atoms with Crippen LogP contribution in [0.3, 0.4) is 0 Å². The maximum atomic E-state index is 13.0. The highest BCUT2D eigenvalue weighted by Crippen LogP contribution is 2.32. The first-order valence-electron chi connectivity index (χ1n) is 9.91. The van der Waals surface area contributed by atoms with E-state index in [0.717, 1.165) is 0 Å². The summed E-state index contributed by atoms with van der Waals surface area (Å²) >= 11 is 0. The number of hydrogen-bond acceptors (Lipinski definition) is 7. The molecule has 2 aromatic rings. The van der Waals surface area contributed by atoms with E-state index in [1.807, 2.05) is 0 Å². The van der Waals surface area contributed by atoms with Crippen molar-refractivity contribution >= 4 is 17.6 Å². The summed E-state index contributed by atoms with van der Waals surface area (Å²) in [5.74, 6) is -1.11. The summed E-state index contributed by atoms with van der Waals surface area (Å²) in [5.41, 5.74) is 0.840. The Labute approximate surface area is 178 Å². The van der Waals surface area contributed by atoms with Gasteiger partial charge in [0.15, 0.2) is 0 Å². The first-order valence-corrected chi connectivity index (χ1v) is 9.91. The SMILES string of the molecule is O=C(N[C@H]1C(=O)N=C(c2ccccc2)N2[C@@H]1[C@@H](O)[C@H](O)[C@H](O)[C@@H]2CO)c1ccccc1. The fourth-order valence-corrected chi connectivity index (χ4v) is 4.17. The van der Waals surface area contributed by atoms with Gasteiger partial charge < -0.3 is 30.6 Å². The van der Waals surface area contributed by atoms with Crippen molar-refractivity contribution in [2.45, 2.75) is 36.4 Å². The highest BCUT2D eigenvalue weighted by Gasteiger charge is 2.55. The summed E-state index contributed by atoms with van der Waals surface area (Å²) in [5, 5.41) is 44.2. The van der Waals surface area contributed by atoms with Crippen LogP contribution in [0.15, 0.2) is 65.7 Å². The standard InChI is InChI=1S/C22H23N3O6/c26-11-14-17(27)19(29)18(28)16-15(23-21(30)13-9-5-2-6-10-13)22(31)24-20(25(14)16)12-7-3-1-4-8-12/h1-10,14-19,26-29H,11H2,(H,23,30)/t14-,15+,16-,17+,18+,19+/m0/s1. The van der Waals surface area contributed by atoms with Crippen LogP contribution in [0.2, 0.25) is 0 Å². The Kier molecular flexibility index (Phi) is 5.84. The normalized spacial score (nSPS) is 30.4. The predicted molar refractivity (Wildman–Crippen MR) is 110 cm³/mol. The topological polar surface area (TPSA) is 143 Å². The lowest BCUT2D eigenvalue weighted by molar-refractivity contribution is -0.163. The second-order valence-corrected chi connectivity index (χ2v) is 7.58. The minimum Gasteiger partial charge on any atom is -0.394 e. The number of piperidine rings is 1. The lowest BCUT2D eigenvalue weighted by atomic mass is 9.82. The van der Waals surface area contributed by atoms with Crippen LogP contribution >= 0.6 is 0 Å². The second-order valence-electron chi connectivity index (χ2n) is 7.58. The molecular weight excluding hydrogens is 402 g/mol. The fourth-order valence-electron chi connectivity index (χ4n) is 4.17. The third-order valence-electron chi connectivity index (χ3n) is 5.73. The second kappa shape index (κ2) is 8.56. The van der Waals surface area contributed by atoms with E-state index in [1.54, 1.807) is 60.7 Å². The molecule has 0 unspecified atom stereocenters. The maximum absolute atomic E-state index is 13.0. The van der Waals surface area contributed by atoms with E-state index in [9.17, 15) is 30.0 Å². The molecule has 0 aromatic heterocycles. The monoisotopic (exact) mass is 425 g/mol. The van der Waals surface area contributed by atoms with Gasteiger partial charge in [-0.2, -0.15) is 4.99 Å². The van der Waals surface area contributed by atoms with Gasteiger partial charge in [0, 0.05) is 11.1 Å². The largest absolute Gasteiger partial charge is 0.394 e. The zero-order chi connectivity index (χ0) is 22.1. The van der Waals surface area contributed by atoms with E-state index >= 15 is 0 Å². The summed E-state index contributed by atoms with van der Waals surface area (Å²) in [7, 11) is 0. The summed E-state index contributed by atoms with van der Waals surface area (Å²) in [6.45, 7) is -0.569. The minimum atomic E-state index is -1.63.